The second kappa shape index (κ2) is 6.00. The molecule has 112 valence electrons. The van der Waals surface area contributed by atoms with Gasteiger partial charge >= 0.3 is 6.18 Å². The van der Waals surface area contributed by atoms with Crippen LogP contribution in [0.3, 0.4) is 0 Å². The van der Waals surface area contributed by atoms with Crippen LogP contribution in [0.5, 0.6) is 0 Å². The summed E-state index contributed by atoms with van der Waals surface area (Å²) in [5, 5.41) is 2.87. The summed E-state index contributed by atoms with van der Waals surface area (Å²) in [6, 6.07) is -0.470. The van der Waals surface area contributed by atoms with Gasteiger partial charge in [0, 0.05) is 12.6 Å². The quantitative estimate of drug-likeness (QED) is 0.851. The van der Waals surface area contributed by atoms with Gasteiger partial charge in [-0.2, -0.15) is 13.2 Å². The molecule has 2 atom stereocenters. The molecule has 0 aromatic rings. The third-order valence-electron chi connectivity index (χ3n) is 4.69. The Morgan fingerprint density at radius 3 is 2.53 bits per heavy atom. The fourth-order valence-corrected chi connectivity index (χ4v) is 3.71. The Labute approximate surface area is 113 Å². The highest BCUT2D eigenvalue weighted by Gasteiger charge is 2.43. The average molecular weight is 279 g/mol. The van der Waals surface area contributed by atoms with Crippen molar-refractivity contribution in [2.24, 2.45) is 5.92 Å². The van der Waals surface area contributed by atoms with E-state index in [9.17, 15) is 13.2 Å². The summed E-state index contributed by atoms with van der Waals surface area (Å²) >= 11 is 0. The minimum atomic E-state index is -4.09. The fraction of sp³-hybridized carbons (Fsp3) is 1.00. The molecule has 2 aliphatic rings. The van der Waals surface area contributed by atoms with Crippen molar-refractivity contribution in [3.05, 3.63) is 0 Å². The van der Waals surface area contributed by atoms with Crippen LogP contribution in [0, 0.1) is 5.92 Å². The highest BCUT2D eigenvalue weighted by Crippen LogP contribution is 2.42. The summed E-state index contributed by atoms with van der Waals surface area (Å²) in [4.78, 5) is 0. The molecule has 5 heteroatoms. The van der Waals surface area contributed by atoms with Crippen LogP contribution < -0.4 is 5.32 Å². The molecule has 1 aliphatic heterocycles. The van der Waals surface area contributed by atoms with E-state index in [1.165, 1.54) is 6.42 Å². The molecular formula is C14H24F3NO. The summed E-state index contributed by atoms with van der Waals surface area (Å²) < 4.78 is 43.8. The Morgan fingerprint density at radius 1 is 1.26 bits per heavy atom. The predicted octanol–water partition coefficient (Wildman–Crippen LogP) is 3.66. The maximum Gasteiger partial charge on any atom is 0.390 e. The van der Waals surface area contributed by atoms with Crippen LogP contribution in [0.2, 0.25) is 0 Å². The standard InChI is InChI=1S/C14H24F3NO/c1-18-12(10-14(15,16)17)11-5-8-19-13(9-11)6-3-2-4-7-13/h11-12,18H,2-10H2,1H3. The van der Waals surface area contributed by atoms with Crippen LogP contribution in [0.4, 0.5) is 13.2 Å². The lowest BCUT2D eigenvalue weighted by molar-refractivity contribution is -0.156. The van der Waals surface area contributed by atoms with E-state index in [1.54, 1.807) is 7.05 Å². The van der Waals surface area contributed by atoms with E-state index in [0.717, 1.165) is 38.5 Å². The van der Waals surface area contributed by atoms with Gasteiger partial charge in [0.15, 0.2) is 0 Å². The van der Waals surface area contributed by atoms with E-state index in [2.05, 4.69) is 5.32 Å². The molecule has 0 amide bonds. The highest BCUT2D eigenvalue weighted by molar-refractivity contribution is 4.93. The number of hydrogen-bond donors (Lipinski definition) is 1. The monoisotopic (exact) mass is 279 g/mol. The largest absolute Gasteiger partial charge is 0.390 e. The maximum absolute atomic E-state index is 12.6. The van der Waals surface area contributed by atoms with Crippen molar-refractivity contribution >= 4 is 0 Å². The van der Waals surface area contributed by atoms with E-state index in [1.807, 2.05) is 0 Å². The van der Waals surface area contributed by atoms with Crippen molar-refractivity contribution in [3.8, 4) is 0 Å². The lowest BCUT2D eigenvalue weighted by atomic mass is 9.73. The first kappa shape index (κ1) is 15.1. The van der Waals surface area contributed by atoms with Crippen LogP contribution in [-0.4, -0.2) is 31.5 Å². The Balaban J connectivity index is 1.98. The summed E-state index contributed by atoms with van der Waals surface area (Å²) in [5.41, 5.74) is -0.123. The van der Waals surface area contributed by atoms with E-state index in [0.29, 0.717) is 6.61 Å². The van der Waals surface area contributed by atoms with Gasteiger partial charge in [-0.25, -0.2) is 0 Å². The molecule has 1 saturated heterocycles. The number of nitrogens with one attached hydrogen (secondary N) is 1. The lowest BCUT2D eigenvalue weighted by Crippen LogP contribution is -2.48. The third kappa shape index (κ3) is 4.09. The van der Waals surface area contributed by atoms with Gasteiger partial charge in [0.1, 0.15) is 0 Å². The molecule has 0 radical (unpaired) electrons. The van der Waals surface area contributed by atoms with Gasteiger partial charge < -0.3 is 10.1 Å². The zero-order valence-electron chi connectivity index (χ0n) is 11.6. The molecule has 1 spiro atoms. The Hall–Kier alpha value is -0.290. The second-order valence-corrected chi connectivity index (χ2v) is 6.06. The van der Waals surface area contributed by atoms with Gasteiger partial charge in [0.2, 0.25) is 0 Å². The van der Waals surface area contributed by atoms with Gasteiger partial charge in [0.25, 0.3) is 0 Å². The van der Waals surface area contributed by atoms with E-state index < -0.39 is 18.6 Å². The van der Waals surface area contributed by atoms with E-state index >= 15 is 0 Å². The second-order valence-electron chi connectivity index (χ2n) is 6.06. The van der Waals surface area contributed by atoms with Gasteiger partial charge in [-0.1, -0.05) is 19.3 Å². The van der Waals surface area contributed by atoms with Crippen LogP contribution in [0.15, 0.2) is 0 Å². The molecule has 2 unspecified atom stereocenters. The highest BCUT2D eigenvalue weighted by atomic mass is 19.4. The van der Waals surface area contributed by atoms with Crippen molar-refractivity contribution < 1.29 is 17.9 Å². The molecule has 2 rings (SSSR count). The normalized spacial score (nSPS) is 29.4. The SMILES string of the molecule is CNC(CC(F)(F)F)C1CCOC2(CCCCC2)C1. The van der Waals surface area contributed by atoms with Crippen molar-refractivity contribution in [2.75, 3.05) is 13.7 Å². The molecule has 0 bridgehead atoms. The molecule has 0 aromatic carbocycles. The summed E-state index contributed by atoms with van der Waals surface area (Å²) in [5.74, 6) is 0.0819. The van der Waals surface area contributed by atoms with Crippen LogP contribution in [0.1, 0.15) is 51.4 Å². The topological polar surface area (TPSA) is 21.3 Å². The van der Waals surface area contributed by atoms with E-state index in [-0.39, 0.29) is 11.5 Å². The molecule has 1 N–H and O–H groups in total. The minimum Gasteiger partial charge on any atom is -0.375 e. The number of ether oxygens (including phenoxy) is 1. The zero-order valence-corrected chi connectivity index (χ0v) is 11.6. The fourth-order valence-electron chi connectivity index (χ4n) is 3.71. The molecule has 1 heterocycles. The molecule has 2 fully saturated rings. The number of rotatable bonds is 3. The van der Waals surface area contributed by atoms with Crippen LogP contribution in [0.25, 0.3) is 0 Å². The Bertz CT molecular complexity index is 281. The first-order valence-corrected chi connectivity index (χ1v) is 7.32. The Kier molecular flexibility index (Phi) is 4.77. The molecule has 1 aliphatic carbocycles. The summed E-state index contributed by atoms with van der Waals surface area (Å²) in [7, 11) is 1.64. The van der Waals surface area contributed by atoms with E-state index in [4.69, 9.17) is 4.74 Å². The first-order valence-electron chi connectivity index (χ1n) is 7.32. The maximum atomic E-state index is 12.6. The van der Waals surface area contributed by atoms with Gasteiger partial charge in [-0.3, -0.25) is 0 Å². The van der Waals surface area contributed by atoms with Crippen LogP contribution >= 0.6 is 0 Å². The summed E-state index contributed by atoms with van der Waals surface area (Å²) in [6.07, 6.45) is 2.27. The van der Waals surface area contributed by atoms with Crippen molar-refractivity contribution in [2.45, 2.75) is 69.2 Å². The zero-order chi connectivity index (χ0) is 13.9. The van der Waals surface area contributed by atoms with Crippen molar-refractivity contribution in [1.82, 2.24) is 5.32 Å². The van der Waals surface area contributed by atoms with Crippen molar-refractivity contribution in [3.63, 3.8) is 0 Å². The molecule has 19 heavy (non-hydrogen) atoms. The minimum absolute atomic E-state index is 0.0819. The molecular weight excluding hydrogens is 255 g/mol. The van der Waals surface area contributed by atoms with Gasteiger partial charge in [0.05, 0.1) is 12.0 Å². The smallest absolute Gasteiger partial charge is 0.375 e. The molecule has 0 aromatic heterocycles. The first-order chi connectivity index (χ1) is 8.94. The molecule has 1 saturated carbocycles. The Morgan fingerprint density at radius 2 is 1.95 bits per heavy atom. The van der Waals surface area contributed by atoms with Gasteiger partial charge in [-0.15, -0.1) is 0 Å². The third-order valence-corrected chi connectivity index (χ3v) is 4.69. The van der Waals surface area contributed by atoms with Crippen molar-refractivity contribution in [1.29, 1.82) is 0 Å². The predicted molar refractivity (Wildman–Crippen MR) is 68.0 cm³/mol. The summed E-state index contributed by atoms with van der Waals surface area (Å²) in [6.45, 7) is 0.612. The number of alkyl halides is 3. The molecule has 2 nitrogen and oxygen atoms in total. The van der Waals surface area contributed by atoms with Gasteiger partial charge in [-0.05, 0) is 38.6 Å². The lowest BCUT2D eigenvalue weighted by Gasteiger charge is -2.45. The van der Waals surface area contributed by atoms with Crippen LogP contribution in [-0.2, 0) is 4.74 Å². The number of halogens is 3. The number of hydrogen-bond acceptors (Lipinski definition) is 2. The average Bonchev–Trinajstić information content (AvgIpc) is 2.36.